The molecule has 2 fully saturated rings. The van der Waals surface area contributed by atoms with E-state index in [-0.39, 0.29) is 12.1 Å². The number of rotatable bonds is 10. The van der Waals surface area contributed by atoms with Crippen LogP contribution in [0.2, 0.25) is 25.7 Å². The zero-order chi connectivity index (χ0) is 24.9. The molecule has 2 aliphatic rings. The monoisotopic (exact) mass is 490 g/mol. The number of ether oxygens (including phenoxy) is 3. The van der Waals surface area contributed by atoms with Gasteiger partial charge in [0.05, 0.1) is 5.69 Å². The van der Waals surface area contributed by atoms with Gasteiger partial charge >= 0.3 is 6.09 Å². The molecule has 0 aliphatic heterocycles. The molecule has 1 amide bonds. The van der Waals surface area contributed by atoms with Crippen LogP contribution in [0, 0.1) is 0 Å². The van der Waals surface area contributed by atoms with Gasteiger partial charge in [-0.3, -0.25) is 0 Å². The quantitative estimate of drug-likeness (QED) is 0.212. The summed E-state index contributed by atoms with van der Waals surface area (Å²) >= 11 is 0. The first-order valence-corrected chi connectivity index (χ1v) is 16.7. The largest absolute Gasteiger partial charge is 0.465 e. The third-order valence-electron chi connectivity index (χ3n) is 6.67. The Balaban J connectivity index is 1.59. The minimum Gasteiger partial charge on any atom is -0.465 e. The Bertz CT molecular complexity index is 793. The maximum absolute atomic E-state index is 12.5. The lowest BCUT2D eigenvalue weighted by atomic mass is 9.89. The van der Waals surface area contributed by atoms with Crippen molar-refractivity contribution in [3.05, 3.63) is 24.3 Å². The Morgan fingerprint density at radius 3 is 2.09 bits per heavy atom. The maximum Gasteiger partial charge on any atom is 0.410 e. The molecule has 2 saturated carbocycles. The predicted molar refractivity (Wildman–Crippen MR) is 142 cm³/mol. The summed E-state index contributed by atoms with van der Waals surface area (Å²) in [4.78, 5) is 16.9. The molecule has 0 heterocycles. The number of para-hydroxylation sites is 2. The van der Waals surface area contributed by atoms with Crippen molar-refractivity contribution < 1.29 is 19.0 Å². The van der Waals surface area contributed by atoms with Crippen LogP contribution in [0.15, 0.2) is 24.3 Å². The number of amides is 1. The Hall–Kier alpha value is -1.73. The van der Waals surface area contributed by atoms with E-state index in [1.165, 1.54) is 18.5 Å². The number of hydrogen-bond donors (Lipinski definition) is 0. The molecule has 6 nitrogen and oxygen atoms in total. The van der Waals surface area contributed by atoms with Crippen molar-refractivity contribution in [3.63, 3.8) is 0 Å². The molecule has 0 bridgehead atoms. The summed E-state index contributed by atoms with van der Waals surface area (Å²) in [6.07, 6.45) is 6.36. The molecule has 0 unspecified atom stereocenters. The van der Waals surface area contributed by atoms with Gasteiger partial charge in [-0.15, -0.1) is 0 Å². The van der Waals surface area contributed by atoms with Gasteiger partial charge < -0.3 is 24.0 Å². The summed E-state index contributed by atoms with van der Waals surface area (Å²) in [5.74, 6) is 0.912. The third kappa shape index (κ3) is 8.19. The predicted octanol–water partition coefficient (Wildman–Crippen LogP) is 6.52. The van der Waals surface area contributed by atoms with E-state index in [2.05, 4.69) is 42.7 Å². The highest BCUT2D eigenvalue weighted by Gasteiger charge is 2.38. The highest BCUT2D eigenvalue weighted by Crippen LogP contribution is 2.42. The van der Waals surface area contributed by atoms with E-state index in [9.17, 15) is 4.79 Å². The SMILES string of the molecule is CN(C(=O)OC(C)(C)C)C1CCC(N(c2ccccc2OCOCC[Si](C)(C)C)C2CC2)CC1. The van der Waals surface area contributed by atoms with E-state index in [0.29, 0.717) is 18.9 Å². The normalized spacial score (nSPS) is 21.1. The van der Waals surface area contributed by atoms with Gasteiger partial charge in [0.2, 0.25) is 0 Å². The van der Waals surface area contributed by atoms with Gasteiger partial charge in [-0.2, -0.15) is 0 Å². The molecule has 34 heavy (non-hydrogen) atoms. The number of carbonyl (C=O) groups excluding carboxylic acids is 1. The van der Waals surface area contributed by atoms with Gasteiger partial charge in [-0.25, -0.2) is 4.79 Å². The molecule has 0 aromatic heterocycles. The van der Waals surface area contributed by atoms with Crippen molar-refractivity contribution in [1.82, 2.24) is 4.90 Å². The molecule has 192 valence electrons. The molecule has 1 aromatic carbocycles. The van der Waals surface area contributed by atoms with Crippen LogP contribution in [0.25, 0.3) is 0 Å². The van der Waals surface area contributed by atoms with Crippen LogP contribution in [-0.4, -0.2) is 63.2 Å². The lowest BCUT2D eigenvalue weighted by Gasteiger charge is -2.41. The smallest absolute Gasteiger partial charge is 0.410 e. The zero-order valence-electron chi connectivity index (χ0n) is 22.4. The number of benzene rings is 1. The van der Waals surface area contributed by atoms with E-state index < -0.39 is 13.7 Å². The molecule has 1 aromatic rings. The van der Waals surface area contributed by atoms with Crippen molar-refractivity contribution >= 4 is 19.9 Å². The van der Waals surface area contributed by atoms with Gasteiger partial charge in [-0.05, 0) is 77.5 Å². The lowest BCUT2D eigenvalue weighted by Crippen LogP contribution is -2.46. The maximum atomic E-state index is 12.5. The zero-order valence-corrected chi connectivity index (χ0v) is 23.4. The summed E-state index contributed by atoms with van der Waals surface area (Å²) in [5.41, 5.74) is 0.718. The summed E-state index contributed by atoms with van der Waals surface area (Å²) in [7, 11) is 0.779. The highest BCUT2D eigenvalue weighted by molar-refractivity contribution is 6.76. The molecule has 7 heteroatoms. The Kier molecular flexibility index (Phi) is 8.96. The Morgan fingerprint density at radius 2 is 1.53 bits per heavy atom. The number of nitrogens with zero attached hydrogens (tertiary/aromatic N) is 2. The van der Waals surface area contributed by atoms with E-state index in [4.69, 9.17) is 14.2 Å². The topological polar surface area (TPSA) is 51.2 Å². The van der Waals surface area contributed by atoms with Crippen LogP contribution in [0.4, 0.5) is 10.5 Å². The minimum absolute atomic E-state index is 0.220. The van der Waals surface area contributed by atoms with E-state index in [1.54, 1.807) is 4.90 Å². The molecule has 0 spiro atoms. The van der Waals surface area contributed by atoms with E-state index >= 15 is 0 Å². The van der Waals surface area contributed by atoms with Gasteiger partial charge in [-0.1, -0.05) is 31.8 Å². The van der Waals surface area contributed by atoms with Crippen molar-refractivity contribution in [3.8, 4) is 5.75 Å². The number of carbonyl (C=O) groups is 1. The number of hydrogen-bond acceptors (Lipinski definition) is 5. The average molecular weight is 491 g/mol. The van der Waals surface area contributed by atoms with Gasteiger partial charge in [0.15, 0.2) is 6.79 Å². The molecular weight excluding hydrogens is 444 g/mol. The third-order valence-corrected chi connectivity index (χ3v) is 8.37. The molecule has 0 atom stereocenters. The molecule has 0 radical (unpaired) electrons. The second kappa shape index (κ2) is 11.3. The van der Waals surface area contributed by atoms with E-state index in [1.807, 2.05) is 33.9 Å². The summed E-state index contributed by atoms with van der Waals surface area (Å²) in [5, 5.41) is 0. The minimum atomic E-state index is -1.10. The molecule has 2 aliphatic carbocycles. The van der Waals surface area contributed by atoms with Crippen molar-refractivity contribution in [1.29, 1.82) is 0 Å². The fourth-order valence-corrected chi connectivity index (χ4v) is 5.34. The highest BCUT2D eigenvalue weighted by atomic mass is 28.3. The summed E-state index contributed by atoms with van der Waals surface area (Å²) in [6.45, 7) is 13.9. The van der Waals surface area contributed by atoms with Crippen LogP contribution in [0.5, 0.6) is 5.75 Å². The van der Waals surface area contributed by atoms with Crippen LogP contribution < -0.4 is 9.64 Å². The average Bonchev–Trinajstić information content (AvgIpc) is 3.58. The fourth-order valence-electron chi connectivity index (χ4n) is 4.59. The first-order valence-electron chi connectivity index (χ1n) is 13.0. The van der Waals surface area contributed by atoms with Crippen LogP contribution in [0.3, 0.4) is 0 Å². The fraction of sp³-hybridized carbons (Fsp3) is 0.741. The van der Waals surface area contributed by atoms with Crippen molar-refractivity contribution in [2.75, 3.05) is 25.3 Å². The van der Waals surface area contributed by atoms with Gasteiger partial charge in [0, 0.05) is 39.9 Å². The molecule has 0 N–H and O–H groups in total. The molecule has 3 rings (SSSR count). The van der Waals surface area contributed by atoms with Gasteiger partial charge in [0.1, 0.15) is 11.4 Å². The first kappa shape index (κ1) is 26.9. The lowest BCUT2D eigenvalue weighted by molar-refractivity contribution is 0.0182. The Morgan fingerprint density at radius 1 is 0.971 bits per heavy atom. The van der Waals surface area contributed by atoms with Crippen LogP contribution in [-0.2, 0) is 9.47 Å². The van der Waals surface area contributed by atoms with Gasteiger partial charge in [0.25, 0.3) is 0 Å². The summed E-state index contributed by atoms with van der Waals surface area (Å²) < 4.78 is 17.5. The van der Waals surface area contributed by atoms with Crippen molar-refractivity contribution in [2.45, 2.75) is 109 Å². The van der Waals surface area contributed by atoms with E-state index in [0.717, 1.165) is 44.1 Å². The second-order valence-corrected chi connectivity index (χ2v) is 17.8. The summed E-state index contributed by atoms with van der Waals surface area (Å²) in [6, 6.07) is 10.8. The Labute approximate surface area is 207 Å². The molecular formula is C27H46N2O4Si. The molecule has 0 saturated heterocycles. The standard InChI is InChI=1S/C27H46N2O4Si/c1-27(2,3)33-26(30)28(4)21-12-14-22(15-13-21)29(23-16-17-23)24-10-8-9-11-25(24)32-20-31-18-19-34(5,6)7/h8-11,21-23H,12-20H2,1-7H3. The van der Waals surface area contributed by atoms with Crippen molar-refractivity contribution in [2.24, 2.45) is 0 Å². The van der Waals surface area contributed by atoms with Crippen LogP contribution in [0.1, 0.15) is 59.3 Å². The number of anilines is 1. The van der Waals surface area contributed by atoms with Crippen LogP contribution >= 0.6 is 0 Å². The first-order chi connectivity index (χ1) is 15.9. The second-order valence-electron chi connectivity index (χ2n) is 12.1.